The van der Waals surface area contributed by atoms with Crippen LogP contribution in [0.2, 0.25) is 0 Å². The quantitative estimate of drug-likeness (QED) is 0.719. The van der Waals surface area contributed by atoms with E-state index < -0.39 is 5.60 Å². The van der Waals surface area contributed by atoms with Crippen molar-refractivity contribution in [3.63, 3.8) is 0 Å². The minimum atomic E-state index is -0.711. The summed E-state index contributed by atoms with van der Waals surface area (Å²) in [6, 6.07) is 11.3. The Kier molecular flexibility index (Phi) is 2.73. The number of phenols is 1. The van der Waals surface area contributed by atoms with Crippen LogP contribution in [0.15, 0.2) is 36.4 Å². The van der Waals surface area contributed by atoms with E-state index >= 15 is 0 Å². The molecule has 1 heterocycles. The van der Waals surface area contributed by atoms with Crippen LogP contribution in [-0.2, 0) is 5.60 Å². The highest BCUT2D eigenvalue weighted by Crippen LogP contribution is 2.32. The van der Waals surface area contributed by atoms with Gasteiger partial charge >= 0.3 is 0 Å². The van der Waals surface area contributed by atoms with Crippen molar-refractivity contribution < 1.29 is 10.2 Å². The van der Waals surface area contributed by atoms with E-state index in [0.717, 1.165) is 42.3 Å². The Balaban J connectivity index is 2.05. The molecule has 0 unspecified atom stereocenters. The summed E-state index contributed by atoms with van der Waals surface area (Å²) in [4.78, 5) is 0. The first-order chi connectivity index (χ1) is 8.67. The Labute approximate surface area is 106 Å². The van der Waals surface area contributed by atoms with E-state index in [-0.39, 0.29) is 5.75 Å². The minimum Gasteiger partial charge on any atom is -0.508 e. The topological polar surface area (TPSA) is 52.5 Å². The van der Waals surface area contributed by atoms with Crippen molar-refractivity contribution in [1.82, 2.24) is 5.32 Å². The highest BCUT2D eigenvalue weighted by Gasteiger charge is 2.30. The number of piperidine rings is 1. The number of rotatable bonds is 1. The van der Waals surface area contributed by atoms with Gasteiger partial charge in [0, 0.05) is 0 Å². The Hall–Kier alpha value is -1.58. The fraction of sp³-hybridized carbons (Fsp3) is 0.333. The smallest absolute Gasteiger partial charge is 0.116 e. The second-order valence-corrected chi connectivity index (χ2v) is 5.03. The van der Waals surface area contributed by atoms with Crippen LogP contribution in [0.1, 0.15) is 18.4 Å². The van der Waals surface area contributed by atoms with Crippen molar-refractivity contribution in [3.8, 4) is 5.75 Å². The maximum Gasteiger partial charge on any atom is 0.116 e. The molecule has 0 saturated carbocycles. The van der Waals surface area contributed by atoms with Crippen molar-refractivity contribution in [3.05, 3.63) is 42.0 Å². The summed E-state index contributed by atoms with van der Waals surface area (Å²) < 4.78 is 0. The molecule has 94 valence electrons. The van der Waals surface area contributed by atoms with Crippen molar-refractivity contribution in [2.24, 2.45) is 0 Å². The summed E-state index contributed by atoms with van der Waals surface area (Å²) in [5.41, 5.74) is 0.263. The van der Waals surface area contributed by atoms with Crippen molar-refractivity contribution in [2.45, 2.75) is 18.4 Å². The Morgan fingerprint density at radius 1 is 0.944 bits per heavy atom. The standard InChI is InChI=1S/C15H17NO2/c17-14-4-2-11-9-13(3-1-12(11)10-14)15(18)5-7-16-8-6-15/h1-4,9-10,16-18H,5-8H2. The van der Waals surface area contributed by atoms with E-state index in [1.165, 1.54) is 0 Å². The van der Waals surface area contributed by atoms with Crippen LogP contribution in [0.25, 0.3) is 10.8 Å². The lowest BCUT2D eigenvalue weighted by atomic mass is 9.84. The SMILES string of the molecule is Oc1ccc2cc(C3(O)CCNCC3)ccc2c1. The molecule has 1 aliphatic heterocycles. The van der Waals surface area contributed by atoms with Gasteiger partial charge in [0.25, 0.3) is 0 Å². The predicted molar refractivity (Wildman–Crippen MR) is 71.6 cm³/mol. The molecule has 1 saturated heterocycles. The normalized spacial score (nSPS) is 18.9. The number of aromatic hydroxyl groups is 1. The molecular formula is C15H17NO2. The van der Waals surface area contributed by atoms with E-state index in [1.807, 2.05) is 24.3 Å². The van der Waals surface area contributed by atoms with Crippen molar-refractivity contribution >= 4 is 10.8 Å². The molecule has 3 heteroatoms. The van der Waals surface area contributed by atoms with E-state index in [1.54, 1.807) is 12.1 Å². The molecule has 2 aromatic rings. The highest BCUT2D eigenvalue weighted by atomic mass is 16.3. The maximum absolute atomic E-state index is 10.7. The minimum absolute atomic E-state index is 0.274. The molecule has 0 bridgehead atoms. The average molecular weight is 243 g/mol. The number of phenolic OH excluding ortho intramolecular Hbond substituents is 1. The van der Waals surface area contributed by atoms with Gasteiger partial charge in [0.1, 0.15) is 5.75 Å². The maximum atomic E-state index is 10.7. The van der Waals surface area contributed by atoms with Gasteiger partial charge in [-0.25, -0.2) is 0 Å². The summed E-state index contributed by atoms with van der Waals surface area (Å²) in [6.45, 7) is 1.70. The molecule has 3 N–H and O–H groups in total. The van der Waals surface area contributed by atoms with Gasteiger partial charge < -0.3 is 15.5 Å². The van der Waals surface area contributed by atoms with E-state index in [9.17, 15) is 10.2 Å². The zero-order valence-electron chi connectivity index (χ0n) is 10.2. The first-order valence-electron chi connectivity index (χ1n) is 6.34. The number of nitrogens with one attached hydrogen (secondary N) is 1. The van der Waals surface area contributed by atoms with E-state index in [2.05, 4.69) is 5.32 Å². The van der Waals surface area contributed by atoms with Gasteiger partial charge in [-0.3, -0.25) is 0 Å². The van der Waals surface area contributed by atoms with Crippen LogP contribution < -0.4 is 5.32 Å². The highest BCUT2D eigenvalue weighted by molar-refractivity contribution is 5.84. The van der Waals surface area contributed by atoms with Crippen LogP contribution in [0.5, 0.6) is 5.75 Å². The molecule has 0 aromatic heterocycles. The summed E-state index contributed by atoms with van der Waals surface area (Å²) >= 11 is 0. The third-order valence-electron chi connectivity index (χ3n) is 3.79. The lowest BCUT2D eigenvalue weighted by Crippen LogP contribution is -2.39. The summed E-state index contributed by atoms with van der Waals surface area (Å²) in [7, 11) is 0. The summed E-state index contributed by atoms with van der Waals surface area (Å²) in [5, 5.41) is 25.4. The molecule has 3 rings (SSSR count). The van der Waals surface area contributed by atoms with Gasteiger partial charge in [-0.1, -0.05) is 18.2 Å². The first-order valence-corrected chi connectivity index (χ1v) is 6.34. The lowest BCUT2D eigenvalue weighted by Gasteiger charge is -2.33. The third kappa shape index (κ3) is 1.96. The summed E-state index contributed by atoms with van der Waals surface area (Å²) in [5.74, 6) is 0.274. The summed E-state index contributed by atoms with van der Waals surface area (Å²) in [6.07, 6.45) is 1.49. The number of benzene rings is 2. The van der Waals surface area contributed by atoms with Gasteiger partial charge in [0.2, 0.25) is 0 Å². The van der Waals surface area contributed by atoms with Crippen LogP contribution in [0.3, 0.4) is 0 Å². The Bertz CT molecular complexity index is 574. The van der Waals surface area contributed by atoms with Crippen LogP contribution in [0.4, 0.5) is 0 Å². The van der Waals surface area contributed by atoms with Crippen LogP contribution in [-0.4, -0.2) is 23.3 Å². The van der Waals surface area contributed by atoms with Gasteiger partial charge in [-0.05, 0) is 60.5 Å². The van der Waals surface area contributed by atoms with Crippen molar-refractivity contribution in [1.29, 1.82) is 0 Å². The van der Waals surface area contributed by atoms with Gasteiger partial charge in [-0.2, -0.15) is 0 Å². The van der Waals surface area contributed by atoms with Gasteiger partial charge in [-0.15, -0.1) is 0 Å². The second kappa shape index (κ2) is 4.26. The molecule has 0 radical (unpaired) electrons. The first kappa shape index (κ1) is 11.5. The van der Waals surface area contributed by atoms with Crippen LogP contribution >= 0.6 is 0 Å². The number of fused-ring (bicyclic) bond motifs is 1. The Morgan fingerprint density at radius 3 is 2.39 bits per heavy atom. The largest absolute Gasteiger partial charge is 0.508 e. The number of hydrogen-bond acceptors (Lipinski definition) is 3. The predicted octanol–water partition coefficient (Wildman–Crippen LogP) is 2.12. The molecule has 0 amide bonds. The zero-order valence-corrected chi connectivity index (χ0v) is 10.2. The molecular weight excluding hydrogens is 226 g/mol. The molecule has 0 atom stereocenters. The fourth-order valence-electron chi connectivity index (χ4n) is 2.65. The third-order valence-corrected chi connectivity index (χ3v) is 3.79. The second-order valence-electron chi connectivity index (χ2n) is 5.03. The average Bonchev–Trinajstić information content (AvgIpc) is 2.39. The molecule has 1 aliphatic rings. The number of hydrogen-bond donors (Lipinski definition) is 3. The van der Waals surface area contributed by atoms with E-state index in [4.69, 9.17) is 0 Å². The molecule has 0 spiro atoms. The molecule has 18 heavy (non-hydrogen) atoms. The monoisotopic (exact) mass is 243 g/mol. The molecule has 2 aromatic carbocycles. The van der Waals surface area contributed by atoms with Gasteiger partial charge in [0.05, 0.1) is 5.60 Å². The van der Waals surface area contributed by atoms with E-state index in [0.29, 0.717) is 0 Å². The Morgan fingerprint density at radius 2 is 1.61 bits per heavy atom. The van der Waals surface area contributed by atoms with Crippen molar-refractivity contribution in [2.75, 3.05) is 13.1 Å². The molecule has 3 nitrogen and oxygen atoms in total. The number of aliphatic hydroxyl groups is 1. The van der Waals surface area contributed by atoms with Crippen LogP contribution in [0, 0.1) is 0 Å². The lowest BCUT2D eigenvalue weighted by molar-refractivity contribution is 0.00606. The molecule has 0 aliphatic carbocycles. The van der Waals surface area contributed by atoms with Gasteiger partial charge in [0.15, 0.2) is 0 Å². The zero-order chi connectivity index (χ0) is 12.6. The molecule has 1 fully saturated rings. The fourth-order valence-corrected chi connectivity index (χ4v) is 2.65.